The SMILES string of the molecule is OB(O)c1ccc2c3ccccc3n(-c3cc(-c4ccccc4)nc(-c4ccccc4)n3)c2c1.OB(O)c1ccc2c3ccccc3n(-c3cnc(-c4ccccc4)nc3-c3ccccc3)c2c1.OB(O)c1ccc2c3ccccc3n(-c3nc(-c4ccccc4)cc(-c4ccccc4)n3)c2c1.OB(O)c1ccc2c3ccccc3n(-c3nc(-c4ccccc4)nc(-c4ccccc4)n3)c2c1. The van der Waals surface area contributed by atoms with E-state index in [0.29, 0.717) is 62.9 Å². The maximum Gasteiger partial charge on any atom is 0.488 e. The molecule has 0 radical (unpaired) electrons. The van der Waals surface area contributed by atoms with Crippen molar-refractivity contribution < 1.29 is 40.2 Å². The lowest BCUT2D eigenvalue weighted by atomic mass is 9.80. The third-order valence-electron chi connectivity index (χ3n) is 24.1. The molecular weight excluding hydrogens is 1690 g/mol. The van der Waals surface area contributed by atoms with Gasteiger partial charge < -0.3 is 44.8 Å². The van der Waals surface area contributed by atoms with Crippen LogP contribution in [0.3, 0.4) is 0 Å². The summed E-state index contributed by atoms with van der Waals surface area (Å²) in [5.41, 5.74) is 20.5. The molecule has 21 nitrogen and oxygen atoms in total. The minimum absolute atomic E-state index is 0.400. The summed E-state index contributed by atoms with van der Waals surface area (Å²) in [6.45, 7) is 0. The zero-order valence-electron chi connectivity index (χ0n) is 72.7. The van der Waals surface area contributed by atoms with Crippen LogP contribution in [0.25, 0.3) is 201 Å². The van der Waals surface area contributed by atoms with Crippen molar-refractivity contribution in [3.8, 4) is 114 Å². The predicted molar refractivity (Wildman–Crippen MR) is 546 cm³/mol. The van der Waals surface area contributed by atoms with Gasteiger partial charge in [0.25, 0.3) is 0 Å². The minimum atomic E-state index is -1.58. The molecule has 8 heterocycles. The van der Waals surface area contributed by atoms with Crippen molar-refractivity contribution in [1.82, 2.24) is 63.1 Å². The highest BCUT2D eigenvalue weighted by Crippen LogP contribution is 2.40. The van der Waals surface area contributed by atoms with Crippen molar-refractivity contribution in [2.24, 2.45) is 0 Å². The lowest BCUT2D eigenvalue weighted by Crippen LogP contribution is -2.29. The summed E-state index contributed by atoms with van der Waals surface area (Å²) < 4.78 is 8.12. The van der Waals surface area contributed by atoms with Crippen LogP contribution in [0, 0.1) is 0 Å². The Morgan fingerprint density at radius 3 is 0.801 bits per heavy atom. The van der Waals surface area contributed by atoms with E-state index in [2.05, 4.69) is 39.5 Å². The average molecular weight is 1770 g/mol. The molecule has 24 aromatic rings. The molecule has 0 aliphatic carbocycles. The van der Waals surface area contributed by atoms with Gasteiger partial charge in [0.2, 0.25) is 11.9 Å². The number of benzene rings is 16. The van der Waals surface area contributed by atoms with Gasteiger partial charge in [-0.3, -0.25) is 13.7 Å². The fraction of sp³-hybridized carbons (Fsp3) is 0. The van der Waals surface area contributed by atoms with Gasteiger partial charge in [0.1, 0.15) is 5.82 Å². The number of para-hydroxylation sites is 4. The van der Waals surface area contributed by atoms with E-state index >= 15 is 0 Å². The molecule has 0 atom stereocenters. The number of aromatic nitrogens is 13. The van der Waals surface area contributed by atoms with E-state index in [1.165, 1.54) is 0 Å². The van der Waals surface area contributed by atoms with E-state index in [-0.39, 0.29) is 0 Å². The molecule has 0 saturated carbocycles. The predicted octanol–water partition coefficient (Wildman–Crippen LogP) is 17.7. The van der Waals surface area contributed by atoms with Crippen LogP contribution in [0.4, 0.5) is 0 Å². The normalized spacial score (nSPS) is 11.2. The highest BCUT2D eigenvalue weighted by molar-refractivity contribution is 6.60. The molecule has 8 N–H and O–H groups in total. The Morgan fingerprint density at radius 2 is 0.449 bits per heavy atom. The molecule has 8 aromatic heterocycles. The van der Waals surface area contributed by atoms with Gasteiger partial charge in [-0.25, -0.2) is 34.9 Å². The van der Waals surface area contributed by atoms with E-state index in [9.17, 15) is 40.2 Å². The zero-order chi connectivity index (χ0) is 92.3. The van der Waals surface area contributed by atoms with Gasteiger partial charge in [0.05, 0.1) is 78.8 Å². The second-order valence-corrected chi connectivity index (χ2v) is 32.5. The largest absolute Gasteiger partial charge is 0.488 e. The summed E-state index contributed by atoms with van der Waals surface area (Å²) in [4.78, 5) is 44.0. The molecule has 0 amide bonds. The summed E-state index contributed by atoms with van der Waals surface area (Å²) in [6, 6.07) is 138. The monoisotopic (exact) mass is 1770 g/mol. The molecule has 16 aromatic carbocycles. The minimum Gasteiger partial charge on any atom is -0.423 e. The summed E-state index contributed by atoms with van der Waals surface area (Å²) in [5.74, 6) is 4.10. The van der Waals surface area contributed by atoms with Crippen molar-refractivity contribution in [2.75, 3.05) is 0 Å². The molecular formula is C111H79B4N13O8. The lowest BCUT2D eigenvalue weighted by molar-refractivity contribution is 0.424. The molecule has 0 fully saturated rings. The fourth-order valence-electron chi connectivity index (χ4n) is 17.6. The van der Waals surface area contributed by atoms with Gasteiger partial charge in [-0.2, -0.15) is 9.97 Å². The van der Waals surface area contributed by atoms with Crippen molar-refractivity contribution in [3.63, 3.8) is 0 Å². The van der Waals surface area contributed by atoms with E-state index in [1.807, 2.05) is 373 Å². The quantitative estimate of drug-likeness (QED) is 0.0417. The first-order valence-electron chi connectivity index (χ1n) is 44.2. The molecule has 0 unspecified atom stereocenters. The van der Waals surface area contributed by atoms with Gasteiger partial charge >= 0.3 is 28.5 Å². The summed E-state index contributed by atoms with van der Waals surface area (Å²) in [6.07, 6.45) is 1.85. The lowest BCUT2D eigenvalue weighted by Gasteiger charge is -2.14. The smallest absolute Gasteiger partial charge is 0.423 e. The highest BCUT2D eigenvalue weighted by Gasteiger charge is 2.27. The number of hydrogen-bond donors (Lipinski definition) is 8. The maximum atomic E-state index is 9.84. The summed E-state index contributed by atoms with van der Waals surface area (Å²) >= 11 is 0. The maximum absolute atomic E-state index is 9.84. The first kappa shape index (κ1) is 85.7. The van der Waals surface area contributed by atoms with Gasteiger partial charge in [-0.15, -0.1) is 0 Å². The second kappa shape index (κ2) is 37.6. The summed E-state index contributed by atoms with van der Waals surface area (Å²) in [7, 11) is -6.25. The van der Waals surface area contributed by atoms with Gasteiger partial charge in [-0.1, -0.05) is 364 Å². The molecule has 0 aliphatic rings. The van der Waals surface area contributed by atoms with Crippen LogP contribution in [0.5, 0.6) is 0 Å². The molecule has 0 saturated heterocycles. The van der Waals surface area contributed by atoms with Crippen LogP contribution < -0.4 is 21.9 Å². The number of fused-ring (bicyclic) bond motifs is 12. The Hall–Kier alpha value is -17.1. The first-order valence-corrected chi connectivity index (χ1v) is 44.2. The van der Waals surface area contributed by atoms with E-state index in [4.69, 9.17) is 44.9 Å². The topological polar surface area (TPSA) is 298 Å². The van der Waals surface area contributed by atoms with Crippen LogP contribution in [-0.4, -0.2) is 132 Å². The Bertz CT molecular complexity index is 7750. The van der Waals surface area contributed by atoms with Crippen molar-refractivity contribution in [2.45, 2.75) is 0 Å². The van der Waals surface area contributed by atoms with E-state index in [0.717, 1.165) is 160 Å². The Balaban J connectivity index is 0.000000108. The number of nitrogens with zero attached hydrogens (tertiary/aromatic N) is 13. The molecule has 136 heavy (non-hydrogen) atoms. The van der Waals surface area contributed by atoms with Crippen molar-refractivity contribution >= 4 is 138 Å². The zero-order valence-corrected chi connectivity index (χ0v) is 72.7. The van der Waals surface area contributed by atoms with Gasteiger partial charge in [0, 0.05) is 93.7 Å². The van der Waals surface area contributed by atoms with Crippen LogP contribution in [0.1, 0.15) is 0 Å². The molecule has 0 bridgehead atoms. The molecule has 648 valence electrons. The van der Waals surface area contributed by atoms with Crippen LogP contribution in [0.2, 0.25) is 0 Å². The van der Waals surface area contributed by atoms with Gasteiger partial charge in [-0.05, 0) is 76.4 Å². The fourth-order valence-corrected chi connectivity index (χ4v) is 17.6. The summed E-state index contributed by atoms with van der Waals surface area (Å²) in [5, 5.41) is 86.8. The molecule has 0 aliphatic heterocycles. The van der Waals surface area contributed by atoms with Crippen LogP contribution in [-0.2, 0) is 0 Å². The Morgan fingerprint density at radius 1 is 0.184 bits per heavy atom. The third kappa shape index (κ3) is 17.0. The van der Waals surface area contributed by atoms with Gasteiger partial charge in [0.15, 0.2) is 23.3 Å². The number of hydrogen-bond acceptors (Lipinski definition) is 17. The highest BCUT2D eigenvalue weighted by atomic mass is 16.4. The Kier molecular flexibility index (Phi) is 23.7. The third-order valence-corrected chi connectivity index (χ3v) is 24.1. The molecule has 0 spiro atoms. The molecule has 24 rings (SSSR count). The van der Waals surface area contributed by atoms with Crippen molar-refractivity contribution in [1.29, 1.82) is 0 Å². The standard InChI is InChI=1S/3C28H20BN3O2.C27H19BN4O2/c33-29(34)21-15-16-23-22-13-7-8-14-26(22)32(27(23)17-21)28-30-24(19-9-3-1-4-10-19)18-25(31-28)20-11-5-2-6-12-20;33-29(34)21-15-16-23-22-13-7-8-14-25(22)32(26(23)17-21)27-18-24(19-9-3-1-4-10-19)30-28(31-27)20-11-5-2-6-12-20;33-29(34)21-15-16-23-22-13-7-8-14-24(22)32(25(23)17-21)26-18-30-28(20-11-5-2-6-12-20)31-27(26)19-9-3-1-4-10-19;33-28(34)20-15-16-22-21-13-7-8-14-23(21)32(24(22)17-20)27-30-25(18-9-3-1-4-10-18)29-26(31-27)19-11-5-2-6-12-19/h3*1-18,33-34H;1-17,33-34H. The van der Waals surface area contributed by atoms with E-state index in [1.54, 1.807) is 36.4 Å². The second-order valence-electron chi connectivity index (χ2n) is 32.5. The first-order chi connectivity index (χ1) is 66.8. The molecule has 25 heteroatoms. The van der Waals surface area contributed by atoms with E-state index < -0.39 is 28.5 Å². The average Bonchev–Trinajstić information content (AvgIpc) is 1.57. The van der Waals surface area contributed by atoms with Crippen LogP contribution >= 0.6 is 0 Å². The number of rotatable bonds is 16. The van der Waals surface area contributed by atoms with Crippen molar-refractivity contribution in [3.05, 3.63) is 431 Å². The van der Waals surface area contributed by atoms with Crippen LogP contribution in [0.15, 0.2) is 431 Å². The Labute approximate surface area is 780 Å².